The lowest BCUT2D eigenvalue weighted by molar-refractivity contribution is -0.127. The fourth-order valence-electron chi connectivity index (χ4n) is 16.1. The Hall–Kier alpha value is -15.3. The van der Waals surface area contributed by atoms with Gasteiger partial charge in [-0.1, -0.05) is 52.0 Å². The summed E-state index contributed by atoms with van der Waals surface area (Å²) in [7, 11) is 10.0. The Morgan fingerprint density at radius 3 is 1.21 bits per heavy atom. The van der Waals surface area contributed by atoms with Gasteiger partial charge < -0.3 is 117 Å². The first-order chi connectivity index (χ1) is 65.1. The highest BCUT2D eigenvalue weighted by Gasteiger charge is 2.35. The van der Waals surface area contributed by atoms with E-state index >= 15 is 0 Å². The minimum atomic E-state index is -0.802. The van der Waals surface area contributed by atoms with Crippen molar-refractivity contribution in [1.82, 2.24) is 38.7 Å². The molecule has 0 radical (unpaired) electrons. The van der Waals surface area contributed by atoms with Crippen LogP contribution in [0.1, 0.15) is 168 Å². The third kappa shape index (κ3) is 24.6. The molecular formula is C100H118N20O16. The Labute approximate surface area is 788 Å². The third-order valence-electron chi connectivity index (χ3n) is 24.1. The zero-order valence-electron chi connectivity index (χ0n) is 78.3. The number of aromatic nitrogens is 4. The smallest absolute Gasteiger partial charge is 0.272 e. The summed E-state index contributed by atoms with van der Waals surface area (Å²) >= 11 is 0. The number of ether oxygens (including phenoxy) is 4. The van der Waals surface area contributed by atoms with Gasteiger partial charge in [-0.2, -0.15) is 0 Å². The molecule has 136 heavy (non-hydrogen) atoms. The number of hydrogen-bond donors (Lipinski definition) is 13. The molecule has 12 amide bonds. The lowest BCUT2D eigenvalue weighted by Crippen LogP contribution is -2.50. The van der Waals surface area contributed by atoms with E-state index in [1.165, 1.54) is 14.2 Å². The van der Waals surface area contributed by atoms with Gasteiger partial charge in [-0.15, -0.1) is 0 Å². The maximum atomic E-state index is 13.4. The number of aryl methyl sites for hydroxylation is 4. The summed E-state index contributed by atoms with van der Waals surface area (Å²) in [6.45, 7) is 13.0. The number of methoxy groups -OCH3 is 2. The van der Waals surface area contributed by atoms with Crippen LogP contribution in [0.4, 0.5) is 56.9 Å². The molecule has 2 saturated heterocycles. The monoisotopic (exact) mass is 1850 g/mol. The SMILES string of the molecule is COc1cc2c(cc1OCCCC(=O)Nc1cc(C(=O)Nc3ccc(-c4cc(C(=O)Nc5ccc(NC(=O)[C@H](C)NC(=O)[C@@H](N)C(C)C)cc5)n(C)c4)cc3)n(C)c1)N=C[C@@H]1CCCCN1C2=O.COc1cc2c(cc1OCCCC(=O)Nc1cc(C(=O)Nc3ccc(-c4cc(C(=O)Nc5ccc(NC(=O)[C@H](C)NC(=O)[C@@H](N)C(C)C)cc5)n(C)c4)cc3)n(C)c1)NC[C@@H]1CCCCN1C2=O. The van der Waals surface area contributed by atoms with E-state index in [0.717, 1.165) is 67.3 Å². The number of fused-ring (bicyclic) bond motifs is 4. The molecule has 6 atom stereocenters. The van der Waals surface area contributed by atoms with Crippen LogP contribution in [0.25, 0.3) is 22.3 Å². The van der Waals surface area contributed by atoms with Gasteiger partial charge >= 0.3 is 0 Å². The second-order valence-corrected chi connectivity index (χ2v) is 34.9. The molecule has 4 aliphatic heterocycles. The molecule has 0 bridgehead atoms. The summed E-state index contributed by atoms with van der Waals surface area (Å²) in [5.41, 5.74) is 22.8. The molecule has 15 N–H and O–H groups in total. The van der Waals surface area contributed by atoms with E-state index in [-0.39, 0.29) is 97.2 Å². The first-order valence-corrected chi connectivity index (χ1v) is 45.4. The predicted octanol–water partition coefficient (Wildman–Crippen LogP) is 12.7. The zero-order chi connectivity index (χ0) is 97.3. The number of amides is 12. The molecule has 0 unspecified atom stereocenters. The first kappa shape index (κ1) is 98.2. The van der Waals surface area contributed by atoms with Gasteiger partial charge in [0.1, 0.15) is 34.9 Å². The summed E-state index contributed by atoms with van der Waals surface area (Å²) in [5, 5.41) is 31.5. The highest BCUT2D eigenvalue weighted by molar-refractivity contribution is 6.09. The number of carbonyl (C=O) groups is 12. The minimum absolute atomic E-state index is 0.00523. The van der Waals surface area contributed by atoms with E-state index in [2.05, 4.69) is 63.5 Å². The molecule has 14 rings (SSSR count). The molecule has 0 aliphatic carbocycles. The molecule has 10 aromatic rings. The molecule has 0 saturated carbocycles. The molecule has 0 spiro atoms. The van der Waals surface area contributed by atoms with Gasteiger partial charge in [0.2, 0.25) is 35.4 Å². The molecular weight excluding hydrogens is 1740 g/mol. The van der Waals surface area contributed by atoms with Crippen LogP contribution in [-0.4, -0.2) is 188 Å². The number of carbonyl (C=O) groups excluding carboxylic acids is 12. The van der Waals surface area contributed by atoms with Crippen LogP contribution in [0, 0.1) is 11.8 Å². The van der Waals surface area contributed by atoms with E-state index in [9.17, 15) is 57.5 Å². The van der Waals surface area contributed by atoms with Crippen molar-refractivity contribution in [3.63, 3.8) is 0 Å². The molecule has 36 heteroatoms. The quantitative estimate of drug-likeness (QED) is 0.0167. The van der Waals surface area contributed by atoms with Crippen molar-refractivity contribution in [3.05, 3.63) is 204 Å². The summed E-state index contributed by atoms with van der Waals surface area (Å²) < 4.78 is 29.9. The third-order valence-corrected chi connectivity index (χ3v) is 24.1. The van der Waals surface area contributed by atoms with Crippen LogP contribution in [0.2, 0.25) is 0 Å². The Morgan fingerprint density at radius 2 is 0.787 bits per heavy atom. The molecule has 4 aromatic heterocycles. The molecule has 714 valence electrons. The van der Waals surface area contributed by atoms with Crippen molar-refractivity contribution in [2.75, 3.05) is 94.9 Å². The van der Waals surface area contributed by atoms with E-state index in [1.807, 2.05) is 80.4 Å². The summed E-state index contributed by atoms with van der Waals surface area (Å²) in [4.78, 5) is 164. The van der Waals surface area contributed by atoms with Crippen molar-refractivity contribution >= 4 is 134 Å². The van der Waals surface area contributed by atoms with Crippen molar-refractivity contribution in [2.24, 2.45) is 56.5 Å². The molecule has 36 nitrogen and oxygen atoms in total. The van der Waals surface area contributed by atoms with Gasteiger partial charge in [-0.05, 0) is 197 Å². The number of hydrogen-bond acceptors (Lipinski definition) is 20. The van der Waals surface area contributed by atoms with E-state index < -0.39 is 47.8 Å². The lowest BCUT2D eigenvalue weighted by Gasteiger charge is -2.34. The number of nitrogens with zero attached hydrogens (tertiary/aromatic N) is 7. The number of nitrogens with one attached hydrogen (secondary N) is 11. The van der Waals surface area contributed by atoms with Crippen LogP contribution in [0.15, 0.2) is 175 Å². The number of nitrogens with two attached hydrogens (primary N) is 2. The van der Waals surface area contributed by atoms with Gasteiger partial charge in [0, 0.05) is 155 Å². The number of benzene rings is 6. The predicted molar refractivity (Wildman–Crippen MR) is 522 cm³/mol. The Balaban J connectivity index is 0.000000230. The maximum Gasteiger partial charge on any atom is 0.272 e. The van der Waals surface area contributed by atoms with Crippen molar-refractivity contribution in [2.45, 2.75) is 142 Å². The van der Waals surface area contributed by atoms with Gasteiger partial charge in [0.25, 0.3) is 35.4 Å². The summed E-state index contributed by atoms with van der Waals surface area (Å²) in [5.74, 6) is -1.93. The maximum absolute atomic E-state index is 13.4. The Morgan fingerprint density at radius 1 is 0.412 bits per heavy atom. The average Bonchev–Trinajstić information content (AvgIpc) is 0.862. The van der Waals surface area contributed by atoms with Gasteiger partial charge in [-0.25, -0.2) is 0 Å². The van der Waals surface area contributed by atoms with E-state index in [4.69, 9.17) is 30.4 Å². The van der Waals surface area contributed by atoms with Crippen LogP contribution in [0.5, 0.6) is 23.0 Å². The van der Waals surface area contributed by atoms with Gasteiger partial charge in [-0.3, -0.25) is 62.5 Å². The highest BCUT2D eigenvalue weighted by Crippen LogP contribution is 2.41. The van der Waals surface area contributed by atoms with E-state index in [1.54, 1.807) is 194 Å². The van der Waals surface area contributed by atoms with Gasteiger partial charge in [0.05, 0.1) is 79.4 Å². The highest BCUT2D eigenvalue weighted by atomic mass is 16.5. The fourth-order valence-corrected chi connectivity index (χ4v) is 16.1. The Kier molecular flexibility index (Phi) is 32.1. The van der Waals surface area contributed by atoms with Crippen LogP contribution in [-0.2, 0) is 57.0 Å². The van der Waals surface area contributed by atoms with Crippen LogP contribution >= 0.6 is 0 Å². The van der Waals surface area contributed by atoms with Crippen LogP contribution in [0.3, 0.4) is 0 Å². The largest absolute Gasteiger partial charge is 0.493 e. The summed E-state index contributed by atoms with van der Waals surface area (Å²) in [6.07, 6.45) is 16.0. The average molecular weight is 1860 g/mol. The van der Waals surface area contributed by atoms with Crippen molar-refractivity contribution in [3.8, 4) is 45.3 Å². The molecule has 2 fully saturated rings. The number of aliphatic imine (C=N–C) groups is 1. The van der Waals surface area contributed by atoms with Gasteiger partial charge in [0.15, 0.2) is 23.0 Å². The zero-order valence-corrected chi connectivity index (χ0v) is 78.3. The number of piperidine rings is 2. The van der Waals surface area contributed by atoms with Crippen molar-refractivity contribution in [1.29, 1.82) is 0 Å². The molecule has 8 heterocycles. The second-order valence-electron chi connectivity index (χ2n) is 34.9. The first-order valence-electron chi connectivity index (χ1n) is 45.4. The standard InChI is InChI=1S/C50H60N10O8.C50H58N10O8/c2*1-29(2)45(51)49(65)53-30(3)46(62)55-34-16-18-35(19-17-34)57-47(63)40-22-32(27-58(40)4)31-12-14-33(15-13-31)56-48(64)41-23-36(28-59(41)5)54-44(61)11-9-21-68-43-25-39-38(24-42(43)67-6)50(66)60-20-8-7-10-37(60)26-52-39/h12-19,22-25,27-30,37,45,52H,7-11,20-21,26,51H2,1-6H3,(H,53,65)(H,54,61)(H,55,62)(H,56,64)(H,57,63);12-19,22-30,37,45H,7-11,20-21,51H2,1-6H3,(H,53,65)(H,54,61)(H,55,62)(H,56,64)(H,57,63)/t2*30-,37-,45-/m00/s1. The Bertz CT molecular complexity index is 6130. The topological polar surface area (TPSA) is 465 Å². The fraction of sp³-hybridized carbons (Fsp3) is 0.350. The second kappa shape index (κ2) is 44.5. The lowest BCUT2D eigenvalue weighted by atomic mass is 10.0. The van der Waals surface area contributed by atoms with Crippen LogP contribution < -0.4 is 88.9 Å². The number of rotatable bonds is 34. The summed E-state index contributed by atoms with van der Waals surface area (Å²) in [6, 6.07) is 38.4. The number of anilines is 9. The molecule has 4 aliphatic rings. The molecule has 6 aromatic carbocycles. The normalized spacial score (nSPS) is 15.1. The van der Waals surface area contributed by atoms with E-state index in [0.29, 0.717) is 140 Å². The minimum Gasteiger partial charge on any atom is -0.493 e. The van der Waals surface area contributed by atoms with Crippen molar-refractivity contribution < 1.29 is 76.5 Å².